The first-order valence-corrected chi connectivity index (χ1v) is 18.8. The number of carbonyl (C=O) groups is 1. The second-order valence-electron chi connectivity index (χ2n) is 16.2. The van der Waals surface area contributed by atoms with E-state index in [4.69, 9.17) is 0 Å². The van der Waals surface area contributed by atoms with E-state index in [-0.39, 0.29) is 17.6 Å². The van der Waals surface area contributed by atoms with Gasteiger partial charge in [-0.25, -0.2) is 17.9 Å². The van der Waals surface area contributed by atoms with E-state index in [0.717, 1.165) is 48.5 Å². The van der Waals surface area contributed by atoms with E-state index < -0.39 is 21.5 Å². The van der Waals surface area contributed by atoms with Crippen LogP contribution < -0.4 is 10.0 Å². The van der Waals surface area contributed by atoms with E-state index >= 15 is 0 Å². The number of aliphatic hydroxyl groups is 2. The monoisotopic (exact) mass is 630 g/mol. The number of aliphatic hydroxyl groups excluding tert-OH is 2. The Morgan fingerprint density at radius 3 is 2.32 bits per heavy atom. The SMILES string of the molecule is CC[C@H]1C[C@H]2C3CC[C@H]([C@H](C)CCNC(=O)NS(=O)(=O)c4ccc(C(C)(C)CO)cc4)[C@@]3(C)CC[C@@H]2[C@@]2(C)CC[C@@H](O)C[C@@H]12. The Morgan fingerprint density at radius 1 is 1.00 bits per heavy atom. The van der Waals surface area contributed by atoms with E-state index in [1.807, 2.05) is 13.8 Å². The van der Waals surface area contributed by atoms with Crippen molar-refractivity contribution in [2.24, 2.45) is 52.3 Å². The Balaban J connectivity index is 1.16. The normalized spacial score (nSPS) is 37.8. The van der Waals surface area contributed by atoms with Gasteiger partial charge in [0.2, 0.25) is 0 Å². The summed E-state index contributed by atoms with van der Waals surface area (Å²) in [7, 11) is -3.99. The lowest BCUT2D eigenvalue weighted by molar-refractivity contribution is -0.152. The molecule has 0 saturated heterocycles. The minimum Gasteiger partial charge on any atom is -0.395 e. The second kappa shape index (κ2) is 12.5. The van der Waals surface area contributed by atoms with E-state index in [1.54, 1.807) is 12.1 Å². The van der Waals surface area contributed by atoms with Crippen LogP contribution in [0.1, 0.15) is 111 Å². The van der Waals surface area contributed by atoms with Gasteiger partial charge in [-0.05, 0) is 128 Å². The van der Waals surface area contributed by atoms with E-state index in [9.17, 15) is 23.4 Å². The molecule has 7 nitrogen and oxygen atoms in total. The van der Waals surface area contributed by atoms with Crippen LogP contribution in [0.4, 0.5) is 4.79 Å². The number of sulfonamides is 1. The zero-order chi connectivity index (χ0) is 32.1. The molecule has 0 aliphatic heterocycles. The van der Waals surface area contributed by atoms with Crippen LogP contribution in [-0.4, -0.2) is 43.9 Å². The van der Waals surface area contributed by atoms with Gasteiger partial charge in [-0.3, -0.25) is 0 Å². The van der Waals surface area contributed by atoms with Gasteiger partial charge in [-0.2, -0.15) is 0 Å². The average Bonchev–Trinajstić information content (AvgIpc) is 3.34. The Kier molecular flexibility index (Phi) is 9.59. The second-order valence-corrected chi connectivity index (χ2v) is 17.9. The molecule has 248 valence electrons. The molecule has 4 saturated carbocycles. The van der Waals surface area contributed by atoms with Crippen LogP contribution in [0.15, 0.2) is 29.2 Å². The third-order valence-electron chi connectivity index (χ3n) is 13.6. The van der Waals surface area contributed by atoms with Gasteiger partial charge in [0.15, 0.2) is 0 Å². The van der Waals surface area contributed by atoms with Gasteiger partial charge in [-0.15, -0.1) is 0 Å². The third-order valence-corrected chi connectivity index (χ3v) is 14.9. The number of carbonyl (C=O) groups excluding carboxylic acids is 1. The highest BCUT2D eigenvalue weighted by molar-refractivity contribution is 7.90. The first kappa shape index (κ1) is 33.7. The maximum absolute atomic E-state index is 12.8. The van der Waals surface area contributed by atoms with Crippen molar-refractivity contribution in [2.45, 2.75) is 122 Å². The van der Waals surface area contributed by atoms with Crippen LogP contribution in [-0.2, 0) is 15.4 Å². The van der Waals surface area contributed by atoms with Crippen molar-refractivity contribution >= 4 is 16.1 Å². The molecular weight excluding hydrogens is 572 g/mol. The molecule has 4 N–H and O–H groups in total. The highest BCUT2D eigenvalue weighted by Gasteiger charge is 2.62. The van der Waals surface area contributed by atoms with Gasteiger partial charge >= 0.3 is 6.03 Å². The quantitative estimate of drug-likeness (QED) is 0.245. The van der Waals surface area contributed by atoms with E-state index in [2.05, 4.69) is 37.7 Å². The predicted molar refractivity (Wildman–Crippen MR) is 174 cm³/mol. The predicted octanol–water partition coefficient (Wildman–Crippen LogP) is 6.63. The highest BCUT2D eigenvalue weighted by Crippen LogP contribution is 2.69. The molecule has 10 atom stereocenters. The average molecular weight is 631 g/mol. The molecule has 1 aromatic carbocycles. The van der Waals surface area contributed by atoms with Gasteiger partial charge in [0.05, 0.1) is 17.6 Å². The van der Waals surface area contributed by atoms with Gasteiger partial charge < -0.3 is 15.5 Å². The maximum atomic E-state index is 12.8. The number of urea groups is 1. The Morgan fingerprint density at radius 2 is 1.66 bits per heavy atom. The molecular formula is C36H58N2O5S. The maximum Gasteiger partial charge on any atom is 0.328 e. The van der Waals surface area contributed by atoms with Crippen molar-refractivity contribution in [1.29, 1.82) is 0 Å². The topological polar surface area (TPSA) is 116 Å². The number of rotatable bonds is 9. The summed E-state index contributed by atoms with van der Waals surface area (Å²) >= 11 is 0. The Labute approximate surface area is 266 Å². The zero-order valence-electron chi connectivity index (χ0n) is 27.9. The lowest BCUT2D eigenvalue weighted by Gasteiger charge is -2.63. The molecule has 0 heterocycles. The fourth-order valence-electron chi connectivity index (χ4n) is 10.9. The van der Waals surface area contributed by atoms with E-state index in [1.165, 1.54) is 57.1 Å². The molecule has 2 amide bonds. The molecule has 1 aromatic rings. The molecule has 0 spiro atoms. The van der Waals surface area contributed by atoms with E-state index in [0.29, 0.717) is 35.1 Å². The van der Waals surface area contributed by atoms with Crippen molar-refractivity contribution in [1.82, 2.24) is 10.0 Å². The van der Waals surface area contributed by atoms with Gasteiger partial charge in [0.25, 0.3) is 10.0 Å². The van der Waals surface area contributed by atoms with Crippen molar-refractivity contribution in [3.8, 4) is 0 Å². The summed E-state index contributed by atoms with van der Waals surface area (Å²) in [4.78, 5) is 12.7. The lowest BCUT2D eigenvalue weighted by atomic mass is 9.42. The molecule has 0 radical (unpaired) electrons. The largest absolute Gasteiger partial charge is 0.395 e. The summed E-state index contributed by atoms with van der Waals surface area (Å²) in [6, 6.07) is 5.62. The number of amides is 2. The van der Waals surface area contributed by atoms with Crippen LogP contribution in [0.5, 0.6) is 0 Å². The van der Waals surface area contributed by atoms with Crippen LogP contribution in [0, 0.1) is 52.3 Å². The fraction of sp³-hybridized carbons (Fsp3) is 0.806. The van der Waals surface area contributed by atoms with Crippen molar-refractivity contribution in [3.05, 3.63) is 29.8 Å². The highest BCUT2D eigenvalue weighted by atomic mass is 32.2. The zero-order valence-corrected chi connectivity index (χ0v) is 28.8. The standard InChI is InChI=1S/C36H58N2O5S/c1-7-24-20-28-30-13-12-29(35(30,5)18-15-31(28)36(6)17-14-26(40)21-32(24)36)23(2)16-19-37-33(41)38-44(42,43)27-10-8-25(9-11-27)34(3,4)22-39/h8-11,23-24,26,28-32,39-40H,7,12-22H2,1-6H3,(H2,37,38,41)/t23-,24+,26-,28+,29-,30?,31+,32+,35-,36-/m1/s1. The summed E-state index contributed by atoms with van der Waals surface area (Å²) in [5.41, 5.74) is 1.03. The number of fused-ring (bicyclic) bond motifs is 5. The third kappa shape index (κ3) is 6.09. The first-order valence-electron chi connectivity index (χ1n) is 17.4. The Hall–Kier alpha value is -1.64. The summed E-state index contributed by atoms with van der Waals surface area (Å²) in [5, 5.41) is 22.9. The first-order chi connectivity index (χ1) is 20.7. The van der Waals surface area contributed by atoms with Crippen molar-refractivity contribution in [2.75, 3.05) is 13.2 Å². The van der Waals surface area contributed by atoms with Gasteiger partial charge in [0, 0.05) is 12.0 Å². The molecule has 8 heteroatoms. The summed E-state index contributed by atoms with van der Waals surface area (Å²) in [6.07, 6.45) is 11.5. The summed E-state index contributed by atoms with van der Waals surface area (Å²) in [6.45, 7) is 14.0. The Bertz CT molecular complexity index is 1280. The number of benzene rings is 1. The number of nitrogens with one attached hydrogen (secondary N) is 2. The lowest BCUT2D eigenvalue weighted by Crippen LogP contribution is -2.56. The molecule has 44 heavy (non-hydrogen) atoms. The fourth-order valence-corrected chi connectivity index (χ4v) is 11.8. The molecule has 4 aliphatic rings. The number of hydrogen-bond donors (Lipinski definition) is 4. The van der Waals surface area contributed by atoms with Crippen LogP contribution >= 0.6 is 0 Å². The minimum atomic E-state index is -3.99. The summed E-state index contributed by atoms with van der Waals surface area (Å²) in [5.74, 6) is 4.76. The summed E-state index contributed by atoms with van der Waals surface area (Å²) < 4.78 is 27.8. The van der Waals surface area contributed by atoms with Gasteiger partial charge in [0.1, 0.15) is 0 Å². The van der Waals surface area contributed by atoms with Crippen molar-refractivity contribution < 1.29 is 23.4 Å². The van der Waals surface area contributed by atoms with Gasteiger partial charge in [-0.1, -0.05) is 60.1 Å². The van der Waals surface area contributed by atoms with Crippen LogP contribution in [0.2, 0.25) is 0 Å². The molecule has 5 rings (SSSR count). The number of hydrogen-bond acceptors (Lipinski definition) is 5. The van der Waals surface area contributed by atoms with Crippen molar-refractivity contribution in [3.63, 3.8) is 0 Å². The molecule has 4 aliphatic carbocycles. The molecule has 4 fully saturated rings. The molecule has 0 bridgehead atoms. The minimum absolute atomic E-state index is 0.0247. The molecule has 0 aromatic heterocycles. The smallest absolute Gasteiger partial charge is 0.328 e. The van der Waals surface area contributed by atoms with Crippen LogP contribution in [0.3, 0.4) is 0 Å². The van der Waals surface area contributed by atoms with Crippen LogP contribution in [0.25, 0.3) is 0 Å². The molecule has 1 unspecified atom stereocenters.